The van der Waals surface area contributed by atoms with Gasteiger partial charge in [-0.2, -0.15) is 0 Å². The van der Waals surface area contributed by atoms with E-state index in [1.807, 2.05) is 24.3 Å². The molecule has 1 unspecified atom stereocenters. The van der Waals surface area contributed by atoms with Gasteiger partial charge in [0.1, 0.15) is 5.52 Å². The van der Waals surface area contributed by atoms with Gasteiger partial charge in [0.2, 0.25) is 11.1 Å². The fourth-order valence-corrected chi connectivity index (χ4v) is 5.00. The van der Waals surface area contributed by atoms with Crippen LogP contribution in [0.3, 0.4) is 0 Å². The molecule has 1 atom stereocenters. The molecule has 2 aromatic carbocycles. The Morgan fingerprint density at radius 1 is 1.12 bits per heavy atom. The maximum absolute atomic E-state index is 12.5. The summed E-state index contributed by atoms with van der Waals surface area (Å²) in [6.07, 6.45) is 0.976. The predicted molar refractivity (Wildman–Crippen MR) is 127 cm³/mol. The summed E-state index contributed by atoms with van der Waals surface area (Å²) in [5.74, 6) is 0.302. The second-order valence-electron chi connectivity index (χ2n) is 8.09. The Labute approximate surface area is 191 Å². The number of carbonyl (C=O) groups is 1. The SMILES string of the molecule is CCn1c2ccccc2c2nnc(SCC(=O)NC3CCN(Cc4ccccc4)C3)nc21. The van der Waals surface area contributed by atoms with Gasteiger partial charge in [-0.05, 0) is 25.0 Å². The van der Waals surface area contributed by atoms with Crippen molar-refractivity contribution in [1.82, 2.24) is 30.0 Å². The molecule has 3 heterocycles. The van der Waals surface area contributed by atoms with Crippen LogP contribution in [0.5, 0.6) is 0 Å². The molecule has 1 aliphatic heterocycles. The van der Waals surface area contributed by atoms with Crippen molar-refractivity contribution in [2.45, 2.75) is 37.6 Å². The second kappa shape index (κ2) is 9.26. The van der Waals surface area contributed by atoms with E-state index in [1.54, 1.807) is 0 Å². The quantitative estimate of drug-likeness (QED) is 0.438. The molecule has 1 aliphatic rings. The van der Waals surface area contributed by atoms with Crippen LogP contribution in [0.15, 0.2) is 59.8 Å². The van der Waals surface area contributed by atoms with Crippen molar-refractivity contribution < 1.29 is 4.79 Å². The van der Waals surface area contributed by atoms with Crippen molar-refractivity contribution in [2.75, 3.05) is 18.8 Å². The van der Waals surface area contributed by atoms with Gasteiger partial charge in [-0.15, -0.1) is 10.2 Å². The molecule has 1 amide bonds. The third-order valence-electron chi connectivity index (χ3n) is 5.89. The normalized spacial score (nSPS) is 16.7. The van der Waals surface area contributed by atoms with E-state index in [-0.39, 0.29) is 17.7 Å². The van der Waals surface area contributed by atoms with Crippen LogP contribution >= 0.6 is 11.8 Å². The molecule has 164 valence electrons. The Balaban J connectivity index is 1.19. The van der Waals surface area contributed by atoms with Gasteiger partial charge in [0.25, 0.3) is 0 Å². The van der Waals surface area contributed by atoms with E-state index in [2.05, 4.69) is 62.2 Å². The molecule has 7 nitrogen and oxygen atoms in total. The lowest BCUT2D eigenvalue weighted by Crippen LogP contribution is -2.38. The lowest BCUT2D eigenvalue weighted by Gasteiger charge is -2.16. The Kier molecular flexibility index (Phi) is 6.05. The summed E-state index contributed by atoms with van der Waals surface area (Å²) in [5, 5.41) is 13.4. The number of hydrogen-bond acceptors (Lipinski definition) is 6. The first-order valence-electron chi connectivity index (χ1n) is 11.0. The van der Waals surface area contributed by atoms with E-state index in [1.165, 1.54) is 17.3 Å². The first-order chi connectivity index (χ1) is 15.7. The number of aromatic nitrogens is 4. The summed E-state index contributed by atoms with van der Waals surface area (Å²) in [6.45, 7) is 5.70. The highest BCUT2D eigenvalue weighted by Gasteiger charge is 2.24. The zero-order valence-corrected chi connectivity index (χ0v) is 18.9. The van der Waals surface area contributed by atoms with Crippen molar-refractivity contribution in [3.63, 3.8) is 0 Å². The number of amides is 1. The molecule has 0 radical (unpaired) electrons. The highest BCUT2D eigenvalue weighted by Crippen LogP contribution is 2.27. The molecule has 0 spiro atoms. The number of hydrogen-bond donors (Lipinski definition) is 1. The van der Waals surface area contributed by atoms with Crippen LogP contribution in [0.1, 0.15) is 18.9 Å². The zero-order chi connectivity index (χ0) is 21.9. The monoisotopic (exact) mass is 446 g/mol. The van der Waals surface area contributed by atoms with Crippen molar-refractivity contribution in [2.24, 2.45) is 0 Å². The molecule has 32 heavy (non-hydrogen) atoms. The van der Waals surface area contributed by atoms with Crippen LogP contribution in [-0.4, -0.2) is 55.4 Å². The highest BCUT2D eigenvalue weighted by atomic mass is 32.2. The molecule has 0 bridgehead atoms. The van der Waals surface area contributed by atoms with Crippen LogP contribution in [-0.2, 0) is 17.9 Å². The molecule has 1 fully saturated rings. The number of nitrogens with one attached hydrogen (secondary N) is 1. The van der Waals surface area contributed by atoms with Crippen molar-refractivity contribution in [3.05, 3.63) is 60.2 Å². The smallest absolute Gasteiger partial charge is 0.230 e. The summed E-state index contributed by atoms with van der Waals surface area (Å²) < 4.78 is 2.14. The molecule has 1 N–H and O–H groups in total. The standard InChI is InChI=1S/C24H26N6OS/c1-2-30-20-11-7-6-10-19(20)22-23(30)26-24(28-27-22)32-16-21(31)25-18-12-13-29(15-18)14-17-8-4-3-5-9-17/h3-11,18H,2,12-16H2,1H3,(H,25,31). The summed E-state index contributed by atoms with van der Waals surface area (Å²) in [6, 6.07) is 18.8. The topological polar surface area (TPSA) is 75.9 Å². The first-order valence-corrected chi connectivity index (χ1v) is 12.0. The average Bonchev–Trinajstić information content (AvgIpc) is 3.39. The van der Waals surface area contributed by atoms with Crippen LogP contribution in [0.4, 0.5) is 0 Å². The molecular formula is C24H26N6OS. The van der Waals surface area contributed by atoms with Gasteiger partial charge in [0, 0.05) is 37.6 Å². The number of likely N-dealkylation sites (tertiary alicyclic amines) is 1. The molecule has 0 aliphatic carbocycles. The summed E-state index contributed by atoms with van der Waals surface area (Å²) in [5.41, 5.74) is 4.03. The number of fused-ring (bicyclic) bond motifs is 3. The number of thioether (sulfide) groups is 1. The Bertz CT molecular complexity index is 1240. The molecule has 4 aromatic rings. The Morgan fingerprint density at radius 3 is 2.78 bits per heavy atom. The van der Waals surface area contributed by atoms with Gasteiger partial charge in [-0.1, -0.05) is 60.3 Å². The van der Waals surface area contributed by atoms with E-state index in [4.69, 9.17) is 4.98 Å². The molecular weight excluding hydrogens is 420 g/mol. The van der Waals surface area contributed by atoms with Crippen molar-refractivity contribution >= 4 is 39.7 Å². The van der Waals surface area contributed by atoms with Gasteiger partial charge in [0.05, 0.1) is 11.3 Å². The number of carbonyl (C=O) groups excluding carboxylic acids is 1. The molecule has 8 heteroatoms. The molecule has 1 saturated heterocycles. The second-order valence-corrected chi connectivity index (χ2v) is 9.03. The van der Waals surface area contributed by atoms with E-state index in [0.717, 1.165) is 54.7 Å². The summed E-state index contributed by atoms with van der Waals surface area (Å²) in [4.78, 5) is 19.6. The molecule has 5 rings (SSSR count). The number of para-hydroxylation sites is 1. The highest BCUT2D eigenvalue weighted by molar-refractivity contribution is 7.99. The van der Waals surface area contributed by atoms with Gasteiger partial charge < -0.3 is 9.88 Å². The van der Waals surface area contributed by atoms with Crippen LogP contribution in [0.25, 0.3) is 22.1 Å². The Hall–Kier alpha value is -2.97. The third-order valence-corrected chi connectivity index (χ3v) is 6.73. The molecule has 0 saturated carbocycles. The third kappa shape index (κ3) is 4.33. The number of aryl methyl sites for hydroxylation is 1. The average molecular weight is 447 g/mol. The number of rotatable bonds is 7. The lowest BCUT2D eigenvalue weighted by atomic mass is 10.2. The van der Waals surface area contributed by atoms with Gasteiger partial charge in [0.15, 0.2) is 5.65 Å². The molecule has 2 aromatic heterocycles. The Morgan fingerprint density at radius 2 is 1.94 bits per heavy atom. The fourth-order valence-electron chi connectivity index (χ4n) is 4.41. The van der Waals surface area contributed by atoms with Gasteiger partial charge in [-0.25, -0.2) is 4.98 Å². The van der Waals surface area contributed by atoms with Gasteiger partial charge >= 0.3 is 0 Å². The first kappa shape index (κ1) is 20.9. The maximum atomic E-state index is 12.5. The van der Waals surface area contributed by atoms with Gasteiger partial charge in [-0.3, -0.25) is 9.69 Å². The van der Waals surface area contributed by atoms with Crippen LogP contribution in [0.2, 0.25) is 0 Å². The lowest BCUT2D eigenvalue weighted by molar-refractivity contribution is -0.119. The largest absolute Gasteiger partial charge is 0.351 e. The minimum Gasteiger partial charge on any atom is -0.351 e. The van der Waals surface area contributed by atoms with E-state index >= 15 is 0 Å². The minimum atomic E-state index is 0.0151. The predicted octanol–water partition coefficient (Wildman–Crippen LogP) is 3.48. The summed E-state index contributed by atoms with van der Waals surface area (Å²) in [7, 11) is 0. The minimum absolute atomic E-state index is 0.0151. The number of benzene rings is 2. The van der Waals surface area contributed by atoms with Crippen LogP contribution in [0, 0.1) is 0 Å². The summed E-state index contributed by atoms with van der Waals surface area (Å²) >= 11 is 1.34. The van der Waals surface area contributed by atoms with Crippen molar-refractivity contribution in [3.8, 4) is 0 Å². The fraction of sp³-hybridized carbons (Fsp3) is 0.333. The van der Waals surface area contributed by atoms with E-state index in [9.17, 15) is 4.79 Å². The zero-order valence-electron chi connectivity index (χ0n) is 18.1. The van der Waals surface area contributed by atoms with E-state index in [0.29, 0.717) is 5.16 Å². The van der Waals surface area contributed by atoms with E-state index < -0.39 is 0 Å². The van der Waals surface area contributed by atoms with Crippen molar-refractivity contribution in [1.29, 1.82) is 0 Å². The number of nitrogens with zero attached hydrogens (tertiary/aromatic N) is 5. The van der Waals surface area contributed by atoms with Crippen LogP contribution < -0.4 is 5.32 Å². The maximum Gasteiger partial charge on any atom is 0.230 e.